The van der Waals surface area contributed by atoms with E-state index < -0.39 is 0 Å². The lowest BCUT2D eigenvalue weighted by atomic mass is 10.1. The number of rotatable bonds is 14. The van der Waals surface area contributed by atoms with Gasteiger partial charge in [-0.3, -0.25) is 0 Å². The Kier molecular flexibility index (Phi) is 10.4. The molecule has 0 aromatic heterocycles. The molecule has 2 aromatic carbocycles. The van der Waals surface area contributed by atoms with Crippen LogP contribution in [-0.4, -0.2) is 20.3 Å². The zero-order valence-electron chi connectivity index (χ0n) is 17.0. The summed E-state index contributed by atoms with van der Waals surface area (Å²) in [6.45, 7) is 4.79. The molecule has 148 valence electrons. The number of unbranched alkanes of at least 4 members (excludes halogenated alkanes) is 4. The minimum atomic E-state index is 0.755. The molecule has 0 fully saturated rings. The van der Waals surface area contributed by atoms with Crippen LogP contribution in [0.5, 0.6) is 11.5 Å². The van der Waals surface area contributed by atoms with Crippen molar-refractivity contribution in [3.05, 3.63) is 59.7 Å². The average molecular weight is 370 g/mol. The van der Waals surface area contributed by atoms with E-state index in [2.05, 4.69) is 48.6 Å². The van der Waals surface area contributed by atoms with Crippen molar-refractivity contribution in [2.45, 2.75) is 58.4 Å². The molecular formula is C24H35NO2. The molecule has 0 atom stereocenters. The predicted molar refractivity (Wildman–Crippen MR) is 114 cm³/mol. The Morgan fingerprint density at radius 2 is 1.67 bits per heavy atom. The Labute approximate surface area is 165 Å². The van der Waals surface area contributed by atoms with Crippen LogP contribution in [0.3, 0.4) is 0 Å². The minimum absolute atomic E-state index is 0.755. The van der Waals surface area contributed by atoms with Crippen molar-refractivity contribution in [2.75, 3.05) is 20.3 Å². The Hall–Kier alpha value is -2.00. The van der Waals surface area contributed by atoms with Gasteiger partial charge < -0.3 is 14.8 Å². The molecule has 0 heterocycles. The van der Waals surface area contributed by atoms with Gasteiger partial charge in [-0.25, -0.2) is 0 Å². The van der Waals surface area contributed by atoms with E-state index in [9.17, 15) is 0 Å². The number of hydrogen-bond acceptors (Lipinski definition) is 3. The predicted octanol–water partition coefficient (Wildman–Crippen LogP) is 5.77. The van der Waals surface area contributed by atoms with Gasteiger partial charge in [0.15, 0.2) is 11.5 Å². The first-order valence-electron chi connectivity index (χ1n) is 10.4. The zero-order valence-corrected chi connectivity index (χ0v) is 17.0. The van der Waals surface area contributed by atoms with Crippen LogP contribution in [0.25, 0.3) is 0 Å². The highest BCUT2D eigenvalue weighted by molar-refractivity contribution is 5.46. The lowest BCUT2D eigenvalue weighted by molar-refractivity contribution is 0.281. The number of methoxy groups -OCH3 is 1. The minimum Gasteiger partial charge on any atom is -0.493 e. The van der Waals surface area contributed by atoms with E-state index in [0.717, 1.165) is 50.5 Å². The number of aryl methyl sites for hydroxylation is 1. The third-order valence-electron chi connectivity index (χ3n) is 4.75. The largest absolute Gasteiger partial charge is 0.493 e. The fourth-order valence-corrected chi connectivity index (χ4v) is 3.19. The normalized spacial score (nSPS) is 10.7. The summed E-state index contributed by atoms with van der Waals surface area (Å²) >= 11 is 0. The van der Waals surface area contributed by atoms with Crippen molar-refractivity contribution in [1.82, 2.24) is 5.32 Å². The van der Waals surface area contributed by atoms with Gasteiger partial charge in [-0.2, -0.15) is 0 Å². The van der Waals surface area contributed by atoms with Gasteiger partial charge in [0.1, 0.15) is 0 Å². The molecule has 0 saturated heterocycles. The van der Waals surface area contributed by atoms with Crippen LogP contribution in [0.4, 0.5) is 0 Å². The molecule has 0 aliphatic carbocycles. The molecule has 3 nitrogen and oxygen atoms in total. The number of benzene rings is 2. The average Bonchev–Trinajstić information content (AvgIpc) is 2.71. The van der Waals surface area contributed by atoms with Gasteiger partial charge in [0.25, 0.3) is 0 Å². The molecule has 0 saturated carbocycles. The maximum Gasteiger partial charge on any atom is 0.165 e. The van der Waals surface area contributed by atoms with Crippen molar-refractivity contribution in [1.29, 1.82) is 0 Å². The Morgan fingerprint density at radius 3 is 2.44 bits per heavy atom. The first-order valence-corrected chi connectivity index (χ1v) is 10.4. The van der Waals surface area contributed by atoms with Gasteiger partial charge >= 0.3 is 0 Å². The van der Waals surface area contributed by atoms with Crippen molar-refractivity contribution in [3.8, 4) is 11.5 Å². The molecule has 27 heavy (non-hydrogen) atoms. The molecule has 0 radical (unpaired) electrons. The quantitative estimate of drug-likeness (QED) is 0.429. The maximum atomic E-state index is 6.10. The SMILES string of the molecule is CCCCCCCOc1c(CNCCCc2ccccc2)cccc1OC. The van der Waals surface area contributed by atoms with E-state index in [0.29, 0.717) is 0 Å². The van der Waals surface area contributed by atoms with Gasteiger partial charge in [-0.05, 0) is 37.4 Å². The first kappa shape index (κ1) is 21.3. The highest BCUT2D eigenvalue weighted by Gasteiger charge is 2.10. The number of hydrogen-bond donors (Lipinski definition) is 1. The van der Waals surface area contributed by atoms with Crippen LogP contribution >= 0.6 is 0 Å². The molecule has 3 heteroatoms. The molecule has 0 unspecified atom stereocenters. The molecule has 2 aromatic rings. The lowest BCUT2D eigenvalue weighted by Gasteiger charge is -2.15. The summed E-state index contributed by atoms with van der Waals surface area (Å²) in [7, 11) is 1.71. The zero-order chi connectivity index (χ0) is 19.2. The maximum absolute atomic E-state index is 6.10. The van der Waals surface area contributed by atoms with E-state index in [1.807, 2.05) is 12.1 Å². The topological polar surface area (TPSA) is 30.5 Å². The Morgan fingerprint density at radius 1 is 0.852 bits per heavy atom. The summed E-state index contributed by atoms with van der Waals surface area (Å²) in [4.78, 5) is 0. The molecule has 0 amide bonds. The van der Waals surface area contributed by atoms with Crippen molar-refractivity contribution in [3.63, 3.8) is 0 Å². The fourth-order valence-electron chi connectivity index (χ4n) is 3.19. The van der Waals surface area contributed by atoms with Crippen LogP contribution < -0.4 is 14.8 Å². The second kappa shape index (κ2) is 13.2. The van der Waals surface area contributed by atoms with E-state index in [4.69, 9.17) is 9.47 Å². The summed E-state index contributed by atoms with van der Waals surface area (Å²) in [5.41, 5.74) is 2.57. The molecule has 2 rings (SSSR count). The van der Waals surface area contributed by atoms with Crippen LogP contribution in [0.15, 0.2) is 48.5 Å². The number of ether oxygens (including phenoxy) is 2. The number of nitrogens with one attached hydrogen (secondary N) is 1. The summed E-state index contributed by atoms with van der Waals surface area (Å²) < 4.78 is 11.6. The molecule has 0 aliphatic rings. The molecule has 0 bridgehead atoms. The summed E-state index contributed by atoms with van der Waals surface area (Å²) in [5, 5.41) is 3.55. The molecular weight excluding hydrogens is 334 g/mol. The van der Waals surface area contributed by atoms with E-state index in [1.165, 1.54) is 36.8 Å². The van der Waals surface area contributed by atoms with Gasteiger partial charge in [-0.1, -0.05) is 75.1 Å². The lowest BCUT2D eigenvalue weighted by Crippen LogP contribution is -2.16. The second-order valence-corrected chi connectivity index (χ2v) is 6.98. The number of para-hydroxylation sites is 1. The van der Waals surface area contributed by atoms with Gasteiger partial charge in [0.05, 0.1) is 13.7 Å². The van der Waals surface area contributed by atoms with E-state index in [-0.39, 0.29) is 0 Å². The molecule has 0 aliphatic heterocycles. The van der Waals surface area contributed by atoms with Gasteiger partial charge in [0, 0.05) is 12.1 Å². The summed E-state index contributed by atoms with van der Waals surface area (Å²) in [6.07, 6.45) is 8.44. The smallest absolute Gasteiger partial charge is 0.165 e. The first-order chi connectivity index (χ1) is 13.3. The van der Waals surface area contributed by atoms with Crippen LogP contribution in [0, 0.1) is 0 Å². The van der Waals surface area contributed by atoms with E-state index in [1.54, 1.807) is 7.11 Å². The monoisotopic (exact) mass is 369 g/mol. The van der Waals surface area contributed by atoms with Crippen molar-refractivity contribution < 1.29 is 9.47 Å². The summed E-state index contributed by atoms with van der Waals surface area (Å²) in [6, 6.07) is 16.8. The van der Waals surface area contributed by atoms with Crippen LogP contribution in [-0.2, 0) is 13.0 Å². The van der Waals surface area contributed by atoms with E-state index >= 15 is 0 Å². The van der Waals surface area contributed by atoms with Gasteiger partial charge in [0.2, 0.25) is 0 Å². The van der Waals surface area contributed by atoms with Crippen LogP contribution in [0.2, 0.25) is 0 Å². The van der Waals surface area contributed by atoms with Crippen LogP contribution in [0.1, 0.15) is 56.6 Å². The molecule has 0 spiro atoms. The molecule has 1 N–H and O–H groups in total. The highest BCUT2D eigenvalue weighted by Crippen LogP contribution is 2.31. The third kappa shape index (κ3) is 8.04. The summed E-state index contributed by atoms with van der Waals surface area (Å²) in [5.74, 6) is 1.72. The Bertz CT molecular complexity index is 628. The highest BCUT2D eigenvalue weighted by atomic mass is 16.5. The van der Waals surface area contributed by atoms with Crippen molar-refractivity contribution in [2.24, 2.45) is 0 Å². The Balaban J connectivity index is 1.77. The van der Waals surface area contributed by atoms with Crippen molar-refractivity contribution >= 4 is 0 Å². The fraction of sp³-hybridized carbons (Fsp3) is 0.500. The third-order valence-corrected chi connectivity index (χ3v) is 4.75. The second-order valence-electron chi connectivity index (χ2n) is 6.98. The van der Waals surface area contributed by atoms with Gasteiger partial charge in [-0.15, -0.1) is 0 Å². The standard InChI is InChI=1S/C24H35NO2/c1-3-4-5-6-10-19-27-24-22(16-11-17-23(24)26-2)20-25-18-12-15-21-13-8-7-9-14-21/h7-9,11,13-14,16-17,25H,3-6,10,12,15,18-20H2,1-2H3.